The number of benzene rings is 2. The fourth-order valence-corrected chi connectivity index (χ4v) is 4.15. The summed E-state index contributed by atoms with van der Waals surface area (Å²) in [7, 11) is -3.83. The van der Waals surface area contributed by atoms with Gasteiger partial charge < -0.3 is 5.21 Å². The molecule has 0 aliphatic carbocycles. The van der Waals surface area contributed by atoms with Crippen LogP contribution in [0.3, 0.4) is 0 Å². The zero-order valence-electron chi connectivity index (χ0n) is 13.0. The number of carbonyl (C=O) groups excluding carboxylic acids is 1. The Morgan fingerprint density at radius 3 is 2.42 bits per heavy atom. The van der Waals surface area contributed by atoms with Crippen LogP contribution in [0, 0.1) is 6.92 Å². The van der Waals surface area contributed by atoms with Crippen LogP contribution in [0.1, 0.15) is 22.3 Å². The van der Waals surface area contributed by atoms with Gasteiger partial charge in [-0.15, -0.1) is 0 Å². The molecule has 7 heteroatoms. The minimum Gasteiger partial charge on any atom is -0.411 e. The molecule has 0 fully saturated rings. The van der Waals surface area contributed by atoms with Gasteiger partial charge in [0.25, 0.3) is 10.0 Å². The number of hydrogen-bond acceptors (Lipinski definition) is 5. The van der Waals surface area contributed by atoms with Crippen molar-refractivity contribution < 1.29 is 18.4 Å². The van der Waals surface area contributed by atoms with Gasteiger partial charge in [0.2, 0.25) is 5.78 Å². The quantitative estimate of drug-likeness (QED) is 0.670. The number of anilines is 1. The lowest BCUT2D eigenvalue weighted by molar-refractivity contribution is 0.106. The Labute approximate surface area is 140 Å². The second-order valence-electron chi connectivity index (χ2n) is 5.53. The molecule has 24 heavy (non-hydrogen) atoms. The van der Waals surface area contributed by atoms with E-state index in [-0.39, 0.29) is 29.1 Å². The predicted molar refractivity (Wildman–Crippen MR) is 90.3 cm³/mol. The number of para-hydroxylation sites is 1. The molecule has 0 bridgehead atoms. The van der Waals surface area contributed by atoms with Crippen LogP contribution in [0.2, 0.25) is 0 Å². The Kier molecular flexibility index (Phi) is 4.11. The highest BCUT2D eigenvalue weighted by Gasteiger charge is 2.33. The average Bonchev–Trinajstić information content (AvgIpc) is 2.72. The van der Waals surface area contributed by atoms with Crippen molar-refractivity contribution in [3.8, 4) is 0 Å². The van der Waals surface area contributed by atoms with Gasteiger partial charge in [-0.3, -0.25) is 9.10 Å². The molecule has 0 aromatic heterocycles. The number of rotatable bonds is 2. The molecule has 0 spiro atoms. The molecule has 3 rings (SSSR count). The molecule has 0 saturated carbocycles. The predicted octanol–water partition coefficient (Wildman–Crippen LogP) is 2.61. The van der Waals surface area contributed by atoms with E-state index in [9.17, 15) is 13.2 Å². The number of nitrogens with zero attached hydrogens (tertiary/aromatic N) is 2. The van der Waals surface area contributed by atoms with Gasteiger partial charge in [-0.2, -0.15) is 0 Å². The highest BCUT2D eigenvalue weighted by atomic mass is 32.2. The van der Waals surface area contributed by atoms with Crippen LogP contribution in [0.15, 0.2) is 58.6 Å². The summed E-state index contributed by atoms with van der Waals surface area (Å²) < 4.78 is 27.3. The summed E-state index contributed by atoms with van der Waals surface area (Å²) >= 11 is 0. The third-order valence-electron chi connectivity index (χ3n) is 3.96. The molecule has 0 unspecified atom stereocenters. The fraction of sp³-hybridized carbons (Fsp3) is 0.176. The number of sulfonamides is 1. The van der Waals surface area contributed by atoms with Crippen LogP contribution < -0.4 is 4.31 Å². The van der Waals surface area contributed by atoms with Gasteiger partial charge in [0, 0.05) is 18.5 Å². The number of carbonyl (C=O) groups is 1. The second kappa shape index (κ2) is 6.09. The van der Waals surface area contributed by atoms with E-state index in [1.807, 2.05) is 6.92 Å². The van der Waals surface area contributed by atoms with Crippen molar-refractivity contribution in [1.82, 2.24) is 0 Å². The Morgan fingerprint density at radius 1 is 1.08 bits per heavy atom. The lowest BCUT2D eigenvalue weighted by atomic mass is 10.1. The number of hydrogen-bond donors (Lipinski definition) is 1. The molecule has 0 saturated heterocycles. The summed E-state index contributed by atoms with van der Waals surface area (Å²) in [6, 6.07) is 13.0. The third-order valence-corrected chi connectivity index (χ3v) is 5.79. The Bertz CT molecular complexity index is 918. The van der Waals surface area contributed by atoms with Crippen LogP contribution in [0.4, 0.5) is 5.69 Å². The molecule has 2 aromatic rings. The summed E-state index contributed by atoms with van der Waals surface area (Å²) in [5.41, 5.74) is 1.40. The van der Waals surface area contributed by atoms with Crippen LogP contribution in [0.5, 0.6) is 0 Å². The van der Waals surface area contributed by atoms with Crippen LogP contribution in [0.25, 0.3) is 0 Å². The minimum absolute atomic E-state index is 0.0261. The summed E-state index contributed by atoms with van der Waals surface area (Å²) in [5, 5.41) is 12.1. The lowest BCUT2D eigenvalue weighted by Crippen LogP contribution is -2.32. The Hall–Kier alpha value is -2.67. The summed E-state index contributed by atoms with van der Waals surface area (Å²) in [4.78, 5) is 12.6. The zero-order valence-corrected chi connectivity index (χ0v) is 13.8. The number of ketones is 1. The fourth-order valence-electron chi connectivity index (χ4n) is 2.66. The van der Waals surface area contributed by atoms with Crippen LogP contribution >= 0.6 is 0 Å². The molecule has 1 aliphatic rings. The van der Waals surface area contributed by atoms with E-state index >= 15 is 0 Å². The molecule has 1 N–H and O–H groups in total. The van der Waals surface area contributed by atoms with Crippen LogP contribution in [-0.4, -0.2) is 31.7 Å². The highest BCUT2D eigenvalue weighted by molar-refractivity contribution is 7.92. The van der Waals surface area contributed by atoms with E-state index < -0.39 is 15.8 Å². The first-order valence-corrected chi connectivity index (χ1v) is 8.83. The maximum absolute atomic E-state index is 13.0. The van der Waals surface area contributed by atoms with E-state index in [0.717, 1.165) is 5.56 Å². The van der Waals surface area contributed by atoms with Crippen molar-refractivity contribution in [2.24, 2.45) is 5.16 Å². The molecule has 0 atom stereocenters. The maximum Gasteiger partial charge on any atom is 0.264 e. The molecule has 1 aliphatic heterocycles. The van der Waals surface area contributed by atoms with Gasteiger partial charge >= 0.3 is 0 Å². The molecule has 0 radical (unpaired) electrons. The van der Waals surface area contributed by atoms with Gasteiger partial charge in [0.1, 0.15) is 5.71 Å². The minimum atomic E-state index is -3.83. The normalized spacial score (nSPS) is 16.8. The maximum atomic E-state index is 13.0. The van der Waals surface area contributed by atoms with Crippen molar-refractivity contribution in [1.29, 1.82) is 0 Å². The van der Waals surface area contributed by atoms with Crippen molar-refractivity contribution in [3.63, 3.8) is 0 Å². The standard InChI is InChI=1S/C17H16N2O4S/c1-12-6-8-13(9-7-12)24(22,23)19-11-10-15(18-21)17(20)14-4-2-3-5-16(14)19/h2-9,21H,10-11H2,1H3/b18-15-. The summed E-state index contributed by atoms with van der Waals surface area (Å²) in [6.45, 7) is 1.90. The molecule has 0 amide bonds. The van der Waals surface area contributed by atoms with Gasteiger partial charge in [-0.1, -0.05) is 35.0 Å². The molecular formula is C17H16N2O4S. The largest absolute Gasteiger partial charge is 0.411 e. The van der Waals surface area contributed by atoms with E-state index in [2.05, 4.69) is 5.16 Å². The van der Waals surface area contributed by atoms with Crippen molar-refractivity contribution in [2.75, 3.05) is 10.8 Å². The average molecular weight is 344 g/mol. The van der Waals surface area contributed by atoms with E-state index in [1.165, 1.54) is 10.4 Å². The number of aryl methyl sites for hydroxylation is 1. The van der Waals surface area contributed by atoms with E-state index in [4.69, 9.17) is 5.21 Å². The Morgan fingerprint density at radius 2 is 1.75 bits per heavy atom. The zero-order chi connectivity index (χ0) is 17.3. The number of fused-ring (bicyclic) bond motifs is 1. The van der Waals surface area contributed by atoms with Gasteiger partial charge in [-0.25, -0.2) is 8.42 Å². The van der Waals surface area contributed by atoms with Gasteiger partial charge in [-0.05, 0) is 31.2 Å². The molecular weight excluding hydrogens is 328 g/mol. The highest BCUT2D eigenvalue weighted by Crippen LogP contribution is 2.30. The first-order valence-electron chi connectivity index (χ1n) is 7.39. The van der Waals surface area contributed by atoms with E-state index in [1.54, 1.807) is 42.5 Å². The summed E-state index contributed by atoms with van der Waals surface area (Å²) in [6.07, 6.45) is 0.0368. The molecule has 124 valence electrons. The molecule has 6 nitrogen and oxygen atoms in total. The summed E-state index contributed by atoms with van der Waals surface area (Å²) in [5.74, 6) is -0.463. The Balaban J connectivity index is 2.16. The van der Waals surface area contributed by atoms with Gasteiger partial charge in [0.05, 0.1) is 10.6 Å². The topological polar surface area (TPSA) is 87.0 Å². The number of oxime groups is 1. The van der Waals surface area contributed by atoms with Gasteiger partial charge in [0.15, 0.2) is 0 Å². The lowest BCUT2D eigenvalue weighted by Gasteiger charge is -2.24. The van der Waals surface area contributed by atoms with Crippen molar-refractivity contribution in [2.45, 2.75) is 18.2 Å². The monoisotopic (exact) mass is 344 g/mol. The second-order valence-corrected chi connectivity index (χ2v) is 7.40. The first kappa shape index (κ1) is 16.2. The van der Waals surface area contributed by atoms with Crippen molar-refractivity contribution >= 4 is 27.2 Å². The van der Waals surface area contributed by atoms with E-state index in [0.29, 0.717) is 5.69 Å². The SMILES string of the molecule is Cc1ccc(S(=O)(=O)N2CC/C(=N/O)C(=O)c3ccccc32)cc1. The third kappa shape index (κ3) is 2.67. The number of Topliss-reactive ketones (excluding diaryl/α,β-unsaturated/α-hetero) is 1. The molecule has 1 heterocycles. The van der Waals surface area contributed by atoms with Crippen LogP contribution in [-0.2, 0) is 10.0 Å². The smallest absolute Gasteiger partial charge is 0.264 e. The van der Waals surface area contributed by atoms with Crippen molar-refractivity contribution in [3.05, 3.63) is 59.7 Å². The molecule has 2 aromatic carbocycles. The first-order chi connectivity index (χ1) is 11.4.